The smallest absolute Gasteiger partial charge is 0.226 e. The van der Waals surface area contributed by atoms with Crippen molar-refractivity contribution in [3.8, 4) is 5.75 Å². The zero-order valence-electron chi connectivity index (χ0n) is 14.8. The number of benzene rings is 1. The second-order valence-corrected chi connectivity index (χ2v) is 6.99. The van der Waals surface area contributed by atoms with E-state index in [2.05, 4.69) is 28.7 Å². The van der Waals surface area contributed by atoms with Crippen LogP contribution in [0.2, 0.25) is 0 Å². The Bertz CT molecular complexity index is 715. The molecule has 1 N–H and O–H groups in total. The highest BCUT2D eigenvalue weighted by molar-refractivity contribution is 5.91. The summed E-state index contributed by atoms with van der Waals surface area (Å²) in [5.74, 6) is 2.21. The summed E-state index contributed by atoms with van der Waals surface area (Å²) in [7, 11) is 1.66. The Morgan fingerprint density at radius 1 is 1.38 bits per heavy atom. The van der Waals surface area contributed by atoms with Crippen molar-refractivity contribution in [1.82, 2.24) is 9.55 Å². The maximum Gasteiger partial charge on any atom is 0.226 e. The molecule has 1 heterocycles. The number of hydrogen-bond acceptors (Lipinski definition) is 3. The van der Waals surface area contributed by atoms with Crippen molar-refractivity contribution in [2.24, 2.45) is 5.92 Å². The highest BCUT2D eigenvalue weighted by Gasteiger charge is 2.19. The molecule has 1 aliphatic rings. The summed E-state index contributed by atoms with van der Waals surface area (Å²) in [5.41, 5.74) is 1.85. The van der Waals surface area contributed by atoms with E-state index in [9.17, 15) is 4.79 Å². The Hall–Kier alpha value is -2.04. The number of amides is 1. The number of fused-ring (bicyclic) bond motifs is 1. The van der Waals surface area contributed by atoms with Crippen LogP contribution in [-0.4, -0.2) is 22.6 Å². The molecule has 0 spiro atoms. The van der Waals surface area contributed by atoms with Gasteiger partial charge in [-0.15, -0.1) is 0 Å². The molecule has 1 aliphatic carbocycles. The first-order valence-corrected chi connectivity index (χ1v) is 8.94. The minimum Gasteiger partial charge on any atom is -0.497 e. The maximum absolute atomic E-state index is 12.4. The Morgan fingerprint density at radius 3 is 2.79 bits per heavy atom. The molecule has 0 bridgehead atoms. The second-order valence-electron chi connectivity index (χ2n) is 6.99. The molecule has 5 nitrogen and oxygen atoms in total. The Balaban J connectivity index is 1.77. The van der Waals surface area contributed by atoms with Crippen LogP contribution in [0.15, 0.2) is 18.2 Å². The van der Waals surface area contributed by atoms with Gasteiger partial charge in [0.05, 0.1) is 18.1 Å². The quantitative estimate of drug-likeness (QED) is 0.847. The van der Waals surface area contributed by atoms with Gasteiger partial charge in [0.15, 0.2) is 0 Å². The van der Waals surface area contributed by atoms with Gasteiger partial charge in [-0.3, -0.25) is 10.1 Å². The fourth-order valence-electron chi connectivity index (χ4n) is 3.63. The van der Waals surface area contributed by atoms with Gasteiger partial charge in [-0.2, -0.15) is 0 Å². The van der Waals surface area contributed by atoms with Gasteiger partial charge >= 0.3 is 0 Å². The lowest BCUT2D eigenvalue weighted by molar-refractivity contribution is -0.116. The van der Waals surface area contributed by atoms with Gasteiger partial charge in [0.1, 0.15) is 5.75 Å². The van der Waals surface area contributed by atoms with Crippen LogP contribution in [0.1, 0.15) is 58.4 Å². The second kappa shape index (κ2) is 7.24. The zero-order valence-corrected chi connectivity index (χ0v) is 14.8. The van der Waals surface area contributed by atoms with E-state index < -0.39 is 0 Å². The van der Waals surface area contributed by atoms with E-state index in [1.165, 1.54) is 25.7 Å². The van der Waals surface area contributed by atoms with E-state index in [1.807, 2.05) is 18.2 Å². The van der Waals surface area contributed by atoms with Crippen molar-refractivity contribution in [3.05, 3.63) is 18.2 Å². The summed E-state index contributed by atoms with van der Waals surface area (Å²) in [4.78, 5) is 17.0. The monoisotopic (exact) mass is 329 g/mol. The molecule has 1 saturated carbocycles. The molecule has 2 aromatic rings. The van der Waals surface area contributed by atoms with Gasteiger partial charge in [0.25, 0.3) is 0 Å². The summed E-state index contributed by atoms with van der Waals surface area (Å²) in [6, 6.07) is 6.00. The fourth-order valence-corrected chi connectivity index (χ4v) is 3.63. The predicted octanol–water partition coefficient (Wildman–Crippen LogP) is 4.53. The van der Waals surface area contributed by atoms with Gasteiger partial charge in [0, 0.05) is 18.5 Å². The molecule has 1 aromatic carbocycles. The standard InChI is InChI=1S/C19H27N3O2/c1-13(2)22-17-12-15(24-3)9-10-16(17)20-19(22)21-18(23)11-8-14-6-4-5-7-14/h9-10,12-14H,4-8,11H2,1-3H3,(H,20,21,23). The number of aromatic nitrogens is 2. The molecule has 0 aliphatic heterocycles. The lowest BCUT2D eigenvalue weighted by atomic mass is 10.0. The van der Waals surface area contributed by atoms with Gasteiger partial charge < -0.3 is 9.30 Å². The number of anilines is 1. The van der Waals surface area contributed by atoms with Crippen molar-refractivity contribution in [3.63, 3.8) is 0 Å². The molecular weight excluding hydrogens is 302 g/mol. The van der Waals surface area contributed by atoms with Crippen molar-refractivity contribution >= 4 is 22.9 Å². The van der Waals surface area contributed by atoms with E-state index >= 15 is 0 Å². The number of hydrogen-bond donors (Lipinski definition) is 1. The summed E-state index contributed by atoms with van der Waals surface area (Å²) < 4.78 is 7.38. The summed E-state index contributed by atoms with van der Waals surface area (Å²) in [5, 5.41) is 3.01. The molecule has 0 atom stereocenters. The van der Waals surface area contributed by atoms with E-state index in [4.69, 9.17) is 4.74 Å². The fraction of sp³-hybridized carbons (Fsp3) is 0.579. The van der Waals surface area contributed by atoms with E-state index in [1.54, 1.807) is 7.11 Å². The molecule has 130 valence electrons. The Labute approximate surface area is 143 Å². The topological polar surface area (TPSA) is 56.1 Å². The van der Waals surface area contributed by atoms with Crippen LogP contribution in [0.5, 0.6) is 5.75 Å². The summed E-state index contributed by atoms with van der Waals surface area (Å²) in [6.45, 7) is 4.18. The molecule has 0 radical (unpaired) electrons. The normalized spacial score (nSPS) is 15.3. The predicted molar refractivity (Wildman–Crippen MR) is 96.5 cm³/mol. The number of nitrogens with one attached hydrogen (secondary N) is 1. The highest BCUT2D eigenvalue weighted by atomic mass is 16.5. The van der Waals surface area contributed by atoms with Crippen LogP contribution >= 0.6 is 0 Å². The molecule has 0 unspecified atom stereocenters. The number of carbonyl (C=O) groups excluding carboxylic acids is 1. The number of rotatable bonds is 6. The molecule has 24 heavy (non-hydrogen) atoms. The van der Waals surface area contributed by atoms with E-state index in [0.717, 1.165) is 29.1 Å². The SMILES string of the molecule is COc1ccc2nc(NC(=O)CCC3CCCC3)n(C(C)C)c2c1. The zero-order chi connectivity index (χ0) is 17.1. The number of ether oxygens (including phenoxy) is 1. The molecular formula is C19H27N3O2. The van der Waals surface area contributed by atoms with Crippen molar-refractivity contribution < 1.29 is 9.53 Å². The Kier molecular flexibility index (Phi) is 5.07. The van der Waals surface area contributed by atoms with E-state index in [-0.39, 0.29) is 11.9 Å². The largest absolute Gasteiger partial charge is 0.497 e. The number of methoxy groups -OCH3 is 1. The van der Waals surface area contributed by atoms with Gasteiger partial charge in [0.2, 0.25) is 11.9 Å². The number of nitrogens with zero attached hydrogens (tertiary/aromatic N) is 2. The molecule has 0 saturated heterocycles. The van der Waals surface area contributed by atoms with Crippen LogP contribution < -0.4 is 10.1 Å². The molecule has 1 aromatic heterocycles. The lowest BCUT2D eigenvalue weighted by Gasteiger charge is -2.14. The molecule has 5 heteroatoms. The van der Waals surface area contributed by atoms with Crippen LogP contribution in [-0.2, 0) is 4.79 Å². The van der Waals surface area contributed by atoms with Gasteiger partial charge in [-0.1, -0.05) is 25.7 Å². The third kappa shape index (κ3) is 3.55. The van der Waals surface area contributed by atoms with Gasteiger partial charge in [-0.05, 0) is 38.3 Å². The number of carbonyl (C=O) groups is 1. The van der Waals surface area contributed by atoms with Crippen LogP contribution in [0.25, 0.3) is 11.0 Å². The van der Waals surface area contributed by atoms with Crippen molar-refractivity contribution in [2.45, 2.75) is 58.4 Å². The third-order valence-corrected chi connectivity index (χ3v) is 4.92. The molecule has 1 amide bonds. The third-order valence-electron chi connectivity index (χ3n) is 4.92. The van der Waals surface area contributed by atoms with Crippen LogP contribution in [0.4, 0.5) is 5.95 Å². The molecule has 1 fully saturated rings. The van der Waals surface area contributed by atoms with Crippen LogP contribution in [0.3, 0.4) is 0 Å². The first kappa shape index (κ1) is 16.8. The van der Waals surface area contributed by atoms with Crippen LogP contribution in [0, 0.1) is 5.92 Å². The first-order valence-electron chi connectivity index (χ1n) is 8.94. The summed E-state index contributed by atoms with van der Waals surface area (Å²) in [6.07, 6.45) is 6.75. The maximum atomic E-state index is 12.4. The highest BCUT2D eigenvalue weighted by Crippen LogP contribution is 2.30. The molecule has 3 rings (SSSR count). The van der Waals surface area contributed by atoms with Crippen molar-refractivity contribution in [1.29, 1.82) is 0 Å². The average Bonchev–Trinajstić information content (AvgIpc) is 3.19. The number of imidazole rings is 1. The van der Waals surface area contributed by atoms with Gasteiger partial charge in [-0.25, -0.2) is 4.98 Å². The van der Waals surface area contributed by atoms with E-state index in [0.29, 0.717) is 12.4 Å². The minimum absolute atomic E-state index is 0.0612. The first-order chi connectivity index (χ1) is 11.6. The minimum atomic E-state index is 0.0612. The lowest BCUT2D eigenvalue weighted by Crippen LogP contribution is -2.17. The Morgan fingerprint density at radius 2 is 2.12 bits per heavy atom. The van der Waals surface area contributed by atoms with Crippen molar-refractivity contribution in [2.75, 3.05) is 12.4 Å². The average molecular weight is 329 g/mol. The summed E-state index contributed by atoms with van der Waals surface area (Å²) >= 11 is 0.